The van der Waals surface area contributed by atoms with E-state index in [0.29, 0.717) is 59.7 Å². The van der Waals surface area contributed by atoms with Crippen molar-refractivity contribution in [2.45, 2.75) is 12.8 Å². The van der Waals surface area contributed by atoms with Gasteiger partial charge in [-0.2, -0.15) is 10.6 Å². The minimum Gasteiger partial charge on any atom is -0.338 e. The summed E-state index contributed by atoms with van der Waals surface area (Å²) in [6.45, 7) is 1.18. The molecule has 3 aliphatic rings. The number of carbonyl (C=O) groups is 3. The molecule has 2 N–H and O–H groups in total. The molecule has 2 fully saturated rings. The SMILES string of the molecule is O=C1c2ccccc2C(=O)c2cc(C(=O)N3CC4CCS(O)(O)CCC4C3)ccc21. The van der Waals surface area contributed by atoms with E-state index in [2.05, 4.69) is 0 Å². The molecular weight excluding hydrogens is 402 g/mol. The molecule has 2 heterocycles. The van der Waals surface area contributed by atoms with Gasteiger partial charge in [0.2, 0.25) is 0 Å². The lowest BCUT2D eigenvalue weighted by Crippen LogP contribution is -2.30. The number of hydrogen-bond donors (Lipinski definition) is 2. The first-order chi connectivity index (χ1) is 14.3. The average Bonchev–Trinajstić information content (AvgIpc) is 3.11. The Morgan fingerprint density at radius 1 is 0.833 bits per heavy atom. The van der Waals surface area contributed by atoms with Gasteiger partial charge in [-0.25, -0.2) is 0 Å². The summed E-state index contributed by atoms with van der Waals surface area (Å²) in [5.74, 6) is 0.798. The molecule has 0 radical (unpaired) electrons. The van der Waals surface area contributed by atoms with Crippen molar-refractivity contribution in [3.05, 3.63) is 70.3 Å². The van der Waals surface area contributed by atoms with Crippen LogP contribution in [0.15, 0.2) is 42.5 Å². The zero-order valence-corrected chi connectivity index (χ0v) is 17.2. The highest BCUT2D eigenvalue weighted by atomic mass is 32.3. The van der Waals surface area contributed by atoms with Crippen LogP contribution in [0.1, 0.15) is 55.0 Å². The van der Waals surface area contributed by atoms with Gasteiger partial charge in [0.15, 0.2) is 11.6 Å². The highest BCUT2D eigenvalue weighted by molar-refractivity contribution is 8.24. The van der Waals surface area contributed by atoms with Crippen LogP contribution in [-0.4, -0.2) is 56.1 Å². The molecule has 5 rings (SSSR count). The molecule has 30 heavy (non-hydrogen) atoms. The van der Waals surface area contributed by atoms with E-state index in [-0.39, 0.29) is 34.9 Å². The van der Waals surface area contributed by atoms with Crippen molar-refractivity contribution in [2.75, 3.05) is 24.6 Å². The Morgan fingerprint density at radius 3 is 1.97 bits per heavy atom. The summed E-state index contributed by atoms with van der Waals surface area (Å²) >= 11 is 0. The highest BCUT2D eigenvalue weighted by Gasteiger charge is 2.39. The van der Waals surface area contributed by atoms with Crippen molar-refractivity contribution >= 4 is 28.1 Å². The smallest absolute Gasteiger partial charge is 0.253 e. The van der Waals surface area contributed by atoms with E-state index in [0.717, 1.165) is 0 Å². The molecular formula is C23H23NO5S. The van der Waals surface area contributed by atoms with Crippen molar-refractivity contribution in [1.29, 1.82) is 0 Å². The van der Waals surface area contributed by atoms with Crippen molar-refractivity contribution in [3.8, 4) is 0 Å². The number of likely N-dealkylation sites (tertiary alicyclic amines) is 1. The van der Waals surface area contributed by atoms with E-state index in [1.807, 2.05) is 0 Å². The fourth-order valence-electron chi connectivity index (χ4n) is 4.96. The molecule has 0 saturated carbocycles. The normalized spacial score (nSPS) is 25.7. The lowest BCUT2D eigenvalue weighted by Gasteiger charge is -2.31. The van der Waals surface area contributed by atoms with Crippen LogP contribution in [-0.2, 0) is 0 Å². The van der Waals surface area contributed by atoms with E-state index in [1.54, 1.807) is 47.4 Å². The van der Waals surface area contributed by atoms with Gasteiger partial charge in [0, 0.05) is 52.4 Å². The molecule has 2 unspecified atom stereocenters. The van der Waals surface area contributed by atoms with Crippen LogP contribution in [0, 0.1) is 11.8 Å². The van der Waals surface area contributed by atoms with Gasteiger partial charge in [0.25, 0.3) is 5.91 Å². The molecule has 2 aromatic rings. The fourth-order valence-corrected chi connectivity index (χ4v) is 6.52. The minimum atomic E-state index is -2.47. The molecule has 156 valence electrons. The molecule has 2 aliphatic heterocycles. The molecule has 6 nitrogen and oxygen atoms in total. The summed E-state index contributed by atoms with van der Waals surface area (Å²) in [6, 6.07) is 11.5. The van der Waals surface area contributed by atoms with Crippen LogP contribution in [0.25, 0.3) is 0 Å². The number of rotatable bonds is 1. The van der Waals surface area contributed by atoms with Gasteiger partial charge >= 0.3 is 0 Å². The zero-order chi connectivity index (χ0) is 21.0. The van der Waals surface area contributed by atoms with Crippen molar-refractivity contribution < 1.29 is 23.5 Å². The third-order valence-electron chi connectivity index (χ3n) is 6.67. The van der Waals surface area contributed by atoms with Gasteiger partial charge in [-0.3, -0.25) is 23.5 Å². The van der Waals surface area contributed by atoms with Gasteiger partial charge in [0.05, 0.1) is 0 Å². The summed E-state index contributed by atoms with van der Waals surface area (Å²) < 4.78 is 20.0. The number of fused-ring (bicyclic) bond motifs is 3. The molecule has 7 heteroatoms. The van der Waals surface area contributed by atoms with Gasteiger partial charge in [0.1, 0.15) is 0 Å². The van der Waals surface area contributed by atoms with E-state index in [9.17, 15) is 23.5 Å². The number of benzene rings is 2. The summed E-state index contributed by atoms with van der Waals surface area (Å²) in [6.07, 6.45) is 1.43. The van der Waals surface area contributed by atoms with E-state index >= 15 is 0 Å². The molecule has 0 aromatic heterocycles. The molecule has 0 bridgehead atoms. The predicted octanol–water partition coefficient (Wildman–Crippen LogP) is 3.69. The average molecular weight is 426 g/mol. The number of amides is 1. The number of hydrogen-bond acceptors (Lipinski definition) is 5. The van der Waals surface area contributed by atoms with Crippen molar-refractivity contribution in [1.82, 2.24) is 4.90 Å². The second kappa shape index (κ2) is 7.04. The number of ketones is 2. The maximum atomic E-state index is 13.2. The van der Waals surface area contributed by atoms with Gasteiger partial charge in [-0.15, -0.1) is 0 Å². The fraction of sp³-hybridized carbons (Fsp3) is 0.348. The third-order valence-corrected chi connectivity index (χ3v) is 8.45. The van der Waals surface area contributed by atoms with E-state index in [4.69, 9.17) is 0 Å². The second-order valence-corrected chi connectivity index (χ2v) is 10.9. The first-order valence-electron chi connectivity index (χ1n) is 10.2. The Balaban J connectivity index is 1.40. The largest absolute Gasteiger partial charge is 0.338 e. The minimum absolute atomic E-state index is 0.142. The van der Waals surface area contributed by atoms with Crippen LogP contribution in [0.2, 0.25) is 0 Å². The van der Waals surface area contributed by atoms with Crippen LogP contribution in [0.3, 0.4) is 0 Å². The third kappa shape index (κ3) is 3.17. The van der Waals surface area contributed by atoms with Crippen LogP contribution >= 0.6 is 10.6 Å². The first kappa shape index (κ1) is 19.5. The lowest BCUT2D eigenvalue weighted by atomic mass is 9.83. The Labute approximate surface area is 176 Å². The molecule has 1 aliphatic carbocycles. The van der Waals surface area contributed by atoms with Crippen molar-refractivity contribution in [3.63, 3.8) is 0 Å². The topological polar surface area (TPSA) is 94.9 Å². The van der Waals surface area contributed by atoms with Crippen LogP contribution in [0.5, 0.6) is 0 Å². The Kier molecular flexibility index (Phi) is 4.57. The van der Waals surface area contributed by atoms with E-state index < -0.39 is 10.6 Å². The summed E-state index contributed by atoms with van der Waals surface area (Å²) in [7, 11) is -2.47. The summed E-state index contributed by atoms with van der Waals surface area (Å²) in [5.41, 5.74) is 1.82. The maximum absolute atomic E-state index is 13.2. The van der Waals surface area contributed by atoms with Crippen molar-refractivity contribution in [2.24, 2.45) is 11.8 Å². The Bertz CT molecular complexity index is 1060. The number of carbonyl (C=O) groups excluding carboxylic acids is 3. The highest BCUT2D eigenvalue weighted by Crippen LogP contribution is 2.47. The zero-order valence-electron chi connectivity index (χ0n) is 16.4. The Hall–Kier alpha value is -2.48. The van der Waals surface area contributed by atoms with Gasteiger partial charge in [-0.1, -0.05) is 24.3 Å². The first-order valence-corrected chi connectivity index (χ1v) is 12.1. The molecule has 0 spiro atoms. The number of nitrogens with zero attached hydrogens (tertiary/aromatic N) is 1. The maximum Gasteiger partial charge on any atom is 0.253 e. The summed E-state index contributed by atoms with van der Waals surface area (Å²) in [5, 5.41) is 0. The van der Waals surface area contributed by atoms with Gasteiger partial charge in [-0.05, 0) is 42.9 Å². The molecule has 2 aromatic carbocycles. The molecule has 2 atom stereocenters. The molecule has 2 saturated heterocycles. The van der Waals surface area contributed by atoms with Gasteiger partial charge < -0.3 is 4.90 Å². The monoisotopic (exact) mass is 425 g/mol. The predicted molar refractivity (Wildman–Crippen MR) is 114 cm³/mol. The van der Waals surface area contributed by atoms with Crippen LogP contribution in [0.4, 0.5) is 0 Å². The standard InChI is InChI=1S/C23H23NO5S/c25-21-17-3-1-2-4-18(17)22(26)20-11-14(5-6-19(20)21)23(27)24-12-15-7-9-30(28,29)10-8-16(15)13-24/h1-6,11,15-16,28-29H,7-10,12-13H2. The lowest BCUT2D eigenvalue weighted by molar-refractivity contribution is 0.0783. The quantitative estimate of drug-likeness (QED) is 0.620. The summed E-state index contributed by atoms with van der Waals surface area (Å²) in [4.78, 5) is 40.7. The Morgan fingerprint density at radius 2 is 1.37 bits per heavy atom. The molecule has 1 amide bonds. The second-order valence-electron chi connectivity index (χ2n) is 8.48. The van der Waals surface area contributed by atoms with Crippen LogP contribution < -0.4 is 0 Å². The van der Waals surface area contributed by atoms with E-state index in [1.165, 1.54) is 0 Å².